The fourth-order valence-corrected chi connectivity index (χ4v) is 2.18. The summed E-state index contributed by atoms with van der Waals surface area (Å²) in [5.74, 6) is 0.372. The number of nitrogens with zero attached hydrogens (tertiary/aromatic N) is 1. The molecule has 0 spiro atoms. The molecule has 0 radical (unpaired) electrons. The van der Waals surface area contributed by atoms with Crippen LogP contribution >= 0.6 is 0 Å². The summed E-state index contributed by atoms with van der Waals surface area (Å²) in [6, 6.07) is 10.4. The molecule has 0 aliphatic carbocycles. The van der Waals surface area contributed by atoms with Crippen LogP contribution in [0.1, 0.15) is 17.5 Å². The number of benzene rings is 1. The van der Waals surface area contributed by atoms with Gasteiger partial charge < -0.3 is 9.15 Å². The summed E-state index contributed by atoms with van der Waals surface area (Å²) in [5.41, 5.74) is 0.607. The van der Waals surface area contributed by atoms with E-state index in [0.29, 0.717) is 11.4 Å². The number of rotatable bonds is 3. The minimum absolute atomic E-state index is 0.0585. The van der Waals surface area contributed by atoms with Crippen molar-refractivity contribution in [3.05, 3.63) is 48.4 Å². The lowest BCUT2D eigenvalue weighted by atomic mass is 10.1. The van der Waals surface area contributed by atoms with Gasteiger partial charge in [0.25, 0.3) is 5.91 Å². The topological polar surface area (TPSA) is 59.8 Å². The Balaban J connectivity index is 1.91. The number of amides is 1. The van der Waals surface area contributed by atoms with Crippen LogP contribution in [0.3, 0.4) is 0 Å². The Morgan fingerprint density at radius 3 is 2.80 bits per heavy atom. The number of ether oxygens (including phenoxy) is 1. The van der Waals surface area contributed by atoms with Crippen molar-refractivity contribution in [2.24, 2.45) is 0 Å². The van der Waals surface area contributed by atoms with Crippen LogP contribution in [-0.2, 0) is 4.79 Å². The maximum atomic E-state index is 12.2. The molecule has 0 bridgehead atoms. The predicted octanol–water partition coefficient (Wildman–Crippen LogP) is 2.28. The molecule has 0 N–H and O–H groups in total. The van der Waals surface area contributed by atoms with Gasteiger partial charge in [-0.1, -0.05) is 12.1 Å². The van der Waals surface area contributed by atoms with Gasteiger partial charge in [0, 0.05) is 0 Å². The van der Waals surface area contributed by atoms with E-state index in [0.717, 1.165) is 0 Å². The van der Waals surface area contributed by atoms with Crippen LogP contribution in [-0.4, -0.2) is 24.3 Å². The van der Waals surface area contributed by atoms with Crippen LogP contribution in [0.15, 0.2) is 47.1 Å². The number of fused-ring (bicyclic) bond motifs is 1. The quantitative estimate of drug-likeness (QED) is 0.803. The van der Waals surface area contributed by atoms with E-state index in [1.807, 2.05) is 6.07 Å². The number of Topliss-reactive ketones (excluding diaryl/α,β-unsaturated/α-hetero) is 1. The Kier molecular flexibility index (Phi) is 3.02. The van der Waals surface area contributed by atoms with Crippen LogP contribution in [0.5, 0.6) is 5.75 Å². The zero-order valence-corrected chi connectivity index (χ0v) is 10.9. The molecule has 1 aliphatic rings. The van der Waals surface area contributed by atoms with Gasteiger partial charge in [0.05, 0.1) is 18.5 Å². The molecule has 0 fully saturated rings. The summed E-state index contributed by atoms with van der Waals surface area (Å²) >= 11 is 0. The highest BCUT2D eigenvalue weighted by Crippen LogP contribution is 2.33. The summed E-state index contributed by atoms with van der Waals surface area (Å²) in [5, 5.41) is 0. The fourth-order valence-electron chi connectivity index (χ4n) is 2.18. The highest BCUT2D eigenvalue weighted by molar-refractivity contribution is 6.07. The van der Waals surface area contributed by atoms with Crippen molar-refractivity contribution >= 4 is 17.4 Å². The van der Waals surface area contributed by atoms with Gasteiger partial charge in [-0.25, -0.2) is 0 Å². The fraction of sp³-hybridized carbons (Fsp3) is 0.200. The summed E-state index contributed by atoms with van der Waals surface area (Å²) in [6.07, 6.45) is 0.833. The third-order valence-electron chi connectivity index (χ3n) is 3.17. The van der Waals surface area contributed by atoms with E-state index in [1.54, 1.807) is 37.3 Å². The molecular formula is C15H13NO4. The first-order valence-corrected chi connectivity index (χ1v) is 6.30. The standard InChI is InChI=1S/C15H13NO4/c1-10-15(18)16(9-12(17)14-7-4-8-19-14)11-5-2-3-6-13(11)20-10/h2-8,10H,9H2,1H3. The molecule has 1 aromatic carbocycles. The average molecular weight is 271 g/mol. The molecule has 20 heavy (non-hydrogen) atoms. The van der Waals surface area contributed by atoms with Crippen molar-refractivity contribution in [1.82, 2.24) is 0 Å². The zero-order chi connectivity index (χ0) is 14.1. The zero-order valence-electron chi connectivity index (χ0n) is 10.9. The summed E-state index contributed by atoms with van der Waals surface area (Å²) in [6.45, 7) is 1.61. The molecule has 2 aromatic rings. The van der Waals surface area contributed by atoms with Gasteiger partial charge in [-0.05, 0) is 31.2 Å². The Labute approximate surface area is 115 Å². The number of hydrogen-bond donors (Lipinski definition) is 0. The van der Waals surface area contributed by atoms with E-state index in [1.165, 1.54) is 11.2 Å². The van der Waals surface area contributed by atoms with Crippen molar-refractivity contribution in [3.63, 3.8) is 0 Å². The molecular weight excluding hydrogens is 258 g/mol. The highest BCUT2D eigenvalue weighted by atomic mass is 16.5. The van der Waals surface area contributed by atoms with Gasteiger partial charge in [-0.2, -0.15) is 0 Å². The number of para-hydroxylation sites is 2. The number of hydrogen-bond acceptors (Lipinski definition) is 4. The second-order valence-corrected chi connectivity index (χ2v) is 4.55. The van der Waals surface area contributed by atoms with Crippen LogP contribution in [0.25, 0.3) is 0 Å². The summed E-state index contributed by atoms with van der Waals surface area (Å²) in [7, 11) is 0. The Hall–Kier alpha value is -2.56. The first-order chi connectivity index (χ1) is 9.66. The number of carbonyl (C=O) groups excluding carboxylic acids is 2. The van der Waals surface area contributed by atoms with Gasteiger partial charge in [-0.3, -0.25) is 14.5 Å². The third kappa shape index (κ3) is 2.07. The van der Waals surface area contributed by atoms with Crippen molar-refractivity contribution in [2.75, 3.05) is 11.4 Å². The van der Waals surface area contributed by atoms with E-state index in [9.17, 15) is 9.59 Å². The molecule has 2 heterocycles. The normalized spacial score (nSPS) is 17.6. The maximum absolute atomic E-state index is 12.2. The SMILES string of the molecule is CC1Oc2ccccc2N(CC(=O)c2ccco2)C1=O. The Morgan fingerprint density at radius 2 is 2.05 bits per heavy atom. The molecule has 1 unspecified atom stereocenters. The van der Waals surface area contributed by atoms with Gasteiger partial charge in [0.2, 0.25) is 5.78 Å². The summed E-state index contributed by atoms with van der Waals surface area (Å²) in [4.78, 5) is 25.8. The molecule has 0 saturated heterocycles. The lowest BCUT2D eigenvalue weighted by Gasteiger charge is -2.32. The monoisotopic (exact) mass is 271 g/mol. The first kappa shape index (κ1) is 12.5. The smallest absolute Gasteiger partial charge is 0.268 e. The van der Waals surface area contributed by atoms with Crippen molar-refractivity contribution < 1.29 is 18.7 Å². The molecule has 0 saturated carbocycles. The van der Waals surface area contributed by atoms with Gasteiger partial charge in [0.1, 0.15) is 5.75 Å². The second kappa shape index (κ2) is 4.85. The third-order valence-corrected chi connectivity index (χ3v) is 3.17. The molecule has 1 amide bonds. The average Bonchev–Trinajstić information content (AvgIpc) is 2.98. The molecule has 3 rings (SSSR count). The number of anilines is 1. The van der Waals surface area contributed by atoms with Crippen molar-refractivity contribution in [2.45, 2.75) is 13.0 Å². The molecule has 1 aromatic heterocycles. The van der Waals surface area contributed by atoms with Crippen LogP contribution in [0.4, 0.5) is 5.69 Å². The van der Waals surface area contributed by atoms with E-state index in [-0.39, 0.29) is 24.0 Å². The van der Waals surface area contributed by atoms with Crippen LogP contribution < -0.4 is 9.64 Å². The Morgan fingerprint density at radius 1 is 1.25 bits per heavy atom. The predicted molar refractivity (Wildman–Crippen MR) is 71.9 cm³/mol. The molecule has 102 valence electrons. The highest BCUT2D eigenvalue weighted by Gasteiger charge is 2.32. The number of carbonyl (C=O) groups is 2. The van der Waals surface area contributed by atoms with Crippen molar-refractivity contribution in [1.29, 1.82) is 0 Å². The number of furan rings is 1. The van der Waals surface area contributed by atoms with Crippen LogP contribution in [0.2, 0.25) is 0 Å². The lowest BCUT2D eigenvalue weighted by Crippen LogP contribution is -2.46. The minimum atomic E-state index is -0.602. The first-order valence-electron chi connectivity index (χ1n) is 6.30. The lowest BCUT2D eigenvalue weighted by molar-refractivity contribution is -0.125. The summed E-state index contributed by atoms with van der Waals surface area (Å²) < 4.78 is 10.6. The van der Waals surface area contributed by atoms with E-state index < -0.39 is 6.10 Å². The van der Waals surface area contributed by atoms with Gasteiger partial charge >= 0.3 is 0 Å². The minimum Gasteiger partial charge on any atom is -0.479 e. The maximum Gasteiger partial charge on any atom is 0.268 e. The van der Waals surface area contributed by atoms with Gasteiger partial charge in [0.15, 0.2) is 11.9 Å². The van der Waals surface area contributed by atoms with E-state index >= 15 is 0 Å². The van der Waals surface area contributed by atoms with Gasteiger partial charge in [-0.15, -0.1) is 0 Å². The molecule has 5 nitrogen and oxygen atoms in total. The molecule has 5 heteroatoms. The van der Waals surface area contributed by atoms with Crippen LogP contribution in [0, 0.1) is 0 Å². The largest absolute Gasteiger partial charge is 0.479 e. The van der Waals surface area contributed by atoms with E-state index in [4.69, 9.17) is 9.15 Å². The second-order valence-electron chi connectivity index (χ2n) is 4.55. The number of ketones is 1. The van der Waals surface area contributed by atoms with E-state index in [2.05, 4.69) is 0 Å². The van der Waals surface area contributed by atoms with Crippen molar-refractivity contribution in [3.8, 4) is 5.75 Å². The molecule has 1 aliphatic heterocycles. The Bertz CT molecular complexity index is 648. The molecule has 1 atom stereocenters.